The normalized spacial score (nSPS) is 22.2. The summed E-state index contributed by atoms with van der Waals surface area (Å²) in [7, 11) is 0. The second-order valence-corrected chi connectivity index (χ2v) is 6.38. The quantitative estimate of drug-likeness (QED) is 0.613. The molecule has 0 amide bonds. The van der Waals surface area contributed by atoms with E-state index in [1.54, 1.807) is 12.1 Å². The third kappa shape index (κ3) is 3.36. The van der Waals surface area contributed by atoms with Crippen molar-refractivity contribution >= 4 is 5.97 Å². The molecule has 2 unspecified atom stereocenters. The molecular weight excluding hydrogens is 266 g/mol. The number of carbonyl (C=O) groups is 1. The van der Waals surface area contributed by atoms with Gasteiger partial charge in [-0.2, -0.15) is 5.26 Å². The molecule has 0 aromatic carbocycles. The van der Waals surface area contributed by atoms with E-state index in [-0.39, 0.29) is 36.2 Å². The van der Waals surface area contributed by atoms with E-state index in [0.717, 1.165) is 0 Å². The molecular formula is C17H21NO3. The zero-order valence-corrected chi connectivity index (χ0v) is 13.0. The second-order valence-electron chi connectivity index (χ2n) is 6.38. The number of hydrogen-bond acceptors (Lipinski definition) is 4. The van der Waals surface area contributed by atoms with Gasteiger partial charge in [0.1, 0.15) is 18.1 Å². The first kappa shape index (κ1) is 15.4. The van der Waals surface area contributed by atoms with Crippen LogP contribution < -0.4 is 0 Å². The highest BCUT2D eigenvalue weighted by molar-refractivity contribution is 5.78. The summed E-state index contributed by atoms with van der Waals surface area (Å²) < 4.78 is 10.8. The summed E-state index contributed by atoms with van der Waals surface area (Å²) in [5, 5.41) is 8.59. The molecule has 0 radical (unpaired) electrons. The lowest BCUT2D eigenvalue weighted by atomic mass is 10.1. The van der Waals surface area contributed by atoms with E-state index in [9.17, 15) is 4.79 Å². The Kier molecular flexibility index (Phi) is 4.22. The Balaban J connectivity index is 1.91. The standard InChI is InChI=1S/C17H21NO3/c1-11(2)9-14-15(17(14,3)4)16(19)20-10-13-6-5-12(21-13)7-8-18/h5-6,9,14-15H,7,10H2,1-4H3. The summed E-state index contributed by atoms with van der Waals surface area (Å²) in [5.41, 5.74) is 1.18. The molecule has 21 heavy (non-hydrogen) atoms. The first-order chi connectivity index (χ1) is 9.86. The van der Waals surface area contributed by atoms with Crippen molar-refractivity contribution in [2.24, 2.45) is 17.3 Å². The minimum absolute atomic E-state index is 0.0382. The van der Waals surface area contributed by atoms with Crippen molar-refractivity contribution in [3.63, 3.8) is 0 Å². The molecule has 1 aromatic rings. The number of hydrogen-bond donors (Lipinski definition) is 0. The van der Waals surface area contributed by atoms with Gasteiger partial charge in [-0.3, -0.25) is 4.79 Å². The third-order valence-corrected chi connectivity index (χ3v) is 4.00. The molecule has 1 aliphatic carbocycles. The van der Waals surface area contributed by atoms with Crippen molar-refractivity contribution in [2.75, 3.05) is 0 Å². The lowest BCUT2D eigenvalue weighted by molar-refractivity contribution is -0.148. The molecule has 2 atom stereocenters. The van der Waals surface area contributed by atoms with Gasteiger partial charge in [-0.25, -0.2) is 0 Å². The smallest absolute Gasteiger partial charge is 0.310 e. The van der Waals surface area contributed by atoms with Gasteiger partial charge < -0.3 is 9.15 Å². The fourth-order valence-electron chi connectivity index (χ4n) is 2.70. The molecule has 1 fully saturated rings. The molecule has 0 bridgehead atoms. The highest BCUT2D eigenvalue weighted by Crippen LogP contribution is 2.59. The molecule has 0 aliphatic heterocycles. The van der Waals surface area contributed by atoms with Crippen LogP contribution in [0.5, 0.6) is 0 Å². The monoisotopic (exact) mass is 287 g/mol. The van der Waals surface area contributed by atoms with E-state index in [1.165, 1.54) is 5.57 Å². The number of esters is 1. The SMILES string of the molecule is CC(C)=CC1C(C(=O)OCc2ccc(CC#N)o2)C1(C)C. The molecule has 4 nitrogen and oxygen atoms in total. The van der Waals surface area contributed by atoms with Crippen LogP contribution in [0.3, 0.4) is 0 Å². The largest absolute Gasteiger partial charge is 0.461 e. The molecule has 1 aromatic heterocycles. The maximum atomic E-state index is 12.2. The van der Waals surface area contributed by atoms with E-state index < -0.39 is 0 Å². The van der Waals surface area contributed by atoms with Gasteiger partial charge in [0.2, 0.25) is 0 Å². The summed E-state index contributed by atoms with van der Waals surface area (Å²) in [6.45, 7) is 8.37. The molecule has 2 rings (SSSR count). The van der Waals surface area contributed by atoms with Crippen molar-refractivity contribution in [1.82, 2.24) is 0 Å². The Morgan fingerprint density at radius 1 is 1.43 bits per heavy atom. The minimum atomic E-state index is -0.180. The van der Waals surface area contributed by atoms with Crippen molar-refractivity contribution < 1.29 is 13.9 Å². The van der Waals surface area contributed by atoms with Crippen LogP contribution in [-0.4, -0.2) is 5.97 Å². The number of nitriles is 1. The predicted octanol–water partition coefficient (Wildman–Crippen LogP) is 3.63. The lowest BCUT2D eigenvalue weighted by Crippen LogP contribution is -2.10. The summed E-state index contributed by atoms with van der Waals surface area (Å²) in [6.07, 6.45) is 2.37. The van der Waals surface area contributed by atoms with Gasteiger partial charge in [-0.15, -0.1) is 0 Å². The Morgan fingerprint density at radius 2 is 2.10 bits per heavy atom. The molecule has 112 valence electrons. The van der Waals surface area contributed by atoms with Crippen molar-refractivity contribution in [1.29, 1.82) is 5.26 Å². The Hall–Kier alpha value is -2.02. The number of allylic oxidation sites excluding steroid dienone is 2. The van der Waals surface area contributed by atoms with Gasteiger partial charge in [0.05, 0.1) is 18.4 Å². The second kappa shape index (κ2) is 5.77. The highest BCUT2D eigenvalue weighted by Gasteiger charge is 2.61. The lowest BCUT2D eigenvalue weighted by Gasteiger charge is -2.03. The number of furan rings is 1. The zero-order chi connectivity index (χ0) is 15.6. The van der Waals surface area contributed by atoms with Crippen molar-refractivity contribution in [3.05, 3.63) is 35.3 Å². The van der Waals surface area contributed by atoms with Crippen molar-refractivity contribution in [2.45, 2.75) is 40.7 Å². The topological polar surface area (TPSA) is 63.2 Å². The predicted molar refractivity (Wildman–Crippen MR) is 78.0 cm³/mol. The van der Waals surface area contributed by atoms with Crippen LogP contribution in [0.15, 0.2) is 28.2 Å². The Bertz CT molecular complexity index is 600. The summed E-state index contributed by atoms with van der Waals surface area (Å²) in [6, 6.07) is 5.49. The van der Waals surface area contributed by atoms with E-state index in [1.807, 2.05) is 19.9 Å². The summed E-state index contributed by atoms with van der Waals surface area (Å²) >= 11 is 0. The Labute approximate surface area is 125 Å². The zero-order valence-electron chi connectivity index (χ0n) is 13.0. The van der Waals surface area contributed by atoms with Gasteiger partial charge in [-0.1, -0.05) is 25.5 Å². The van der Waals surface area contributed by atoms with E-state index in [2.05, 4.69) is 19.9 Å². The Morgan fingerprint density at radius 3 is 2.71 bits per heavy atom. The minimum Gasteiger partial charge on any atom is -0.461 e. The molecule has 0 saturated heterocycles. The van der Waals surface area contributed by atoms with Gasteiger partial charge in [-0.05, 0) is 37.3 Å². The van der Waals surface area contributed by atoms with E-state index in [4.69, 9.17) is 14.4 Å². The molecule has 1 saturated carbocycles. The number of ether oxygens (including phenoxy) is 1. The number of nitrogens with zero attached hydrogens (tertiary/aromatic N) is 1. The highest BCUT2D eigenvalue weighted by atomic mass is 16.5. The third-order valence-electron chi connectivity index (χ3n) is 4.00. The van der Waals surface area contributed by atoms with Crippen LogP contribution in [0.1, 0.15) is 39.2 Å². The van der Waals surface area contributed by atoms with Crippen molar-refractivity contribution in [3.8, 4) is 6.07 Å². The summed E-state index contributed by atoms with van der Waals surface area (Å²) in [5.74, 6) is 1.16. The van der Waals surface area contributed by atoms with Gasteiger partial charge in [0.15, 0.2) is 0 Å². The van der Waals surface area contributed by atoms with Crippen LogP contribution in [0.25, 0.3) is 0 Å². The average Bonchev–Trinajstić information content (AvgIpc) is 2.75. The van der Waals surface area contributed by atoms with E-state index in [0.29, 0.717) is 11.5 Å². The molecule has 1 aliphatic rings. The maximum absolute atomic E-state index is 12.2. The van der Waals surface area contributed by atoms with Crippen LogP contribution in [0.2, 0.25) is 0 Å². The first-order valence-electron chi connectivity index (χ1n) is 7.12. The molecule has 0 N–H and O–H groups in total. The van der Waals surface area contributed by atoms with Crippen LogP contribution in [-0.2, 0) is 22.6 Å². The fraction of sp³-hybridized carbons (Fsp3) is 0.529. The summed E-state index contributed by atoms with van der Waals surface area (Å²) in [4.78, 5) is 12.2. The number of carbonyl (C=O) groups excluding carboxylic acids is 1. The molecule has 4 heteroatoms. The van der Waals surface area contributed by atoms with Gasteiger partial charge in [0.25, 0.3) is 0 Å². The van der Waals surface area contributed by atoms with Gasteiger partial charge >= 0.3 is 5.97 Å². The van der Waals surface area contributed by atoms with Crippen LogP contribution >= 0.6 is 0 Å². The van der Waals surface area contributed by atoms with Crippen LogP contribution in [0, 0.1) is 28.6 Å². The maximum Gasteiger partial charge on any atom is 0.310 e. The molecule has 0 spiro atoms. The van der Waals surface area contributed by atoms with E-state index >= 15 is 0 Å². The average molecular weight is 287 g/mol. The molecule has 1 heterocycles. The van der Waals surface area contributed by atoms with Crippen LogP contribution in [0.4, 0.5) is 0 Å². The van der Waals surface area contributed by atoms with Gasteiger partial charge in [0, 0.05) is 0 Å². The fourth-order valence-corrected chi connectivity index (χ4v) is 2.70. The number of rotatable bonds is 5. The first-order valence-corrected chi connectivity index (χ1v) is 7.12.